The summed E-state index contributed by atoms with van der Waals surface area (Å²) in [5, 5.41) is 75.3. The van der Waals surface area contributed by atoms with Crippen molar-refractivity contribution in [3.05, 3.63) is 35.9 Å². The minimum Gasteiger partial charge on any atom is -0.454 e. The lowest BCUT2D eigenvalue weighted by molar-refractivity contribution is -0.358. The second kappa shape index (κ2) is 20.9. The molecule has 4 aliphatic heterocycles. The Hall–Kier alpha value is -1.89. The van der Waals surface area contributed by atoms with Crippen molar-refractivity contribution in [2.45, 2.75) is 161 Å². The molecule has 0 spiro atoms. The van der Waals surface area contributed by atoms with E-state index >= 15 is 0 Å². The Morgan fingerprint density at radius 3 is 1.39 bits per heavy atom. The third-order valence-corrected chi connectivity index (χ3v) is 16.6. The topological polar surface area (TPSA) is 355 Å². The van der Waals surface area contributed by atoms with Crippen LogP contribution in [-0.2, 0) is 47.1 Å². The molecule has 1 aromatic carbocycles. The summed E-state index contributed by atoms with van der Waals surface area (Å²) in [7, 11) is -1.16. The van der Waals surface area contributed by atoms with Crippen molar-refractivity contribution in [1.29, 1.82) is 0 Å². The molecule has 10 unspecified atom stereocenters. The minimum absolute atomic E-state index is 0.200. The molecule has 61 heavy (non-hydrogen) atoms. The summed E-state index contributed by atoms with van der Waals surface area (Å²) in [5.41, 5.74) is 25.8. The van der Waals surface area contributed by atoms with Crippen LogP contribution in [0, 0.1) is 0 Å². The van der Waals surface area contributed by atoms with Crippen LogP contribution in [0.4, 0.5) is 0 Å². The Bertz CT molecular complexity index is 1530. The van der Waals surface area contributed by atoms with Gasteiger partial charge in [-0.25, -0.2) is 4.79 Å². The van der Waals surface area contributed by atoms with E-state index in [1.165, 1.54) is 19.2 Å². The quantitative estimate of drug-likeness (QED) is 0.0586. The molecule has 1 aromatic rings. The summed E-state index contributed by atoms with van der Waals surface area (Å²) < 4.78 is 59.4. The van der Waals surface area contributed by atoms with Crippen molar-refractivity contribution in [3.63, 3.8) is 0 Å². The van der Waals surface area contributed by atoms with Gasteiger partial charge in [0.25, 0.3) is 0 Å². The van der Waals surface area contributed by atoms with Crippen LogP contribution in [0.15, 0.2) is 30.3 Å². The zero-order valence-corrected chi connectivity index (χ0v) is 36.2. The molecule has 0 bridgehead atoms. The fraction of sp³-hybridized carbons (Fsp3) is 0.816. The van der Waals surface area contributed by atoms with Crippen LogP contribution in [0.25, 0.3) is 0 Å². The summed E-state index contributed by atoms with van der Waals surface area (Å²) in [6.45, 7) is 7.25. The third kappa shape index (κ3) is 10.8. The Labute approximate surface area is 355 Å². The van der Waals surface area contributed by atoms with Gasteiger partial charge in [-0.1, -0.05) is 39.0 Å². The molecule has 23 heteroatoms. The third-order valence-electron chi connectivity index (χ3n) is 12.2. The molecule has 4 aliphatic rings. The first-order chi connectivity index (χ1) is 28.7. The first-order valence-corrected chi connectivity index (χ1v) is 23.2. The molecular weight excluding hydrogens is 829 g/mol. The van der Waals surface area contributed by atoms with Gasteiger partial charge in [0.2, 0.25) is 0 Å². The maximum absolute atomic E-state index is 13.2. The molecule has 22 nitrogen and oxygen atoms in total. The molecule has 0 radical (unpaired) electrons. The molecule has 350 valence electrons. The van der Waals surface area contributed by atoms with E-state index in [0.29, 0.717) is 0 Å². The van der Waals surface area contributed by atoms with Crippen LogP contribution in [0.1, 0.15) is 31.1 Å². The number of methoxy groups -OCH3 is 1. The SMILES string of the molecule is CO[C@H]1OC(CO)[C@@H](OC2OC(CO)C(O[C@H]3OC(CO)[C@@H](OC4OC(CO)C(O[Si](C)(C)C(C)(C)C)[C@H](O)[C@H]4N)C(O)[C@@H]3N)[C@H](O)[C@H]2N)C(OC(=O)c2ccccc2)[C@@H]1N. The van der Waals surface area contributed by atoms with Crippen LogP contribution < -0.4 is 22.9 Å². The van der Waals surface area contributed by atoms with Crippen LogP contribution in [-0.4, -0.2) is 206 Å². The fourth-order valence-electron chi connectivity index (χ4n) is 7.46. The average molecular weight is 895 g/mol. The first-order valence-electron chi connectivity index (χ1n) is 20.3. The molecule has 0 aromatic heterocycles. The number of carbonyl (C=O) groups is 1. The van der Waals surface area contributed by atoms with Crippen molar-refractivity contribution >= 4 is 14.3 Å². The lowest BCUT2D eigenvalue weighted by Gasteiger charge is -2.50. The molecular formula is C38H66N4O18Si. The Morgan fingerprint density at radius 2 is 0.984 bits per heavy atom. The van der Waals surface area contributed by atoms with E-state index in [9.17, 15) is 40.5 Å². The summed E-state index contributed by atoms with van der Waals surface area (Å²) in [6.07, 6.45) is -21.9. The van der Waals surface area contributed by atoms with E-state index in [1.807, 2.05) is 33.9 Å². The van der Waals surface area contributed by atoms with Gasteiger partial charge in [-0.3, -0.25) is 0 Å². The lowest BCUT2D eigenvalue weighted by Crippen LogP contribution is -2.70. The van der Waals surface area contributed by atoms with Crippen LogP contribution >= 0.6 is 0 Å². The lowest BCUT2D eigenvalue weighted by atomic mass is 9.94. The first kappa shape index (κ1) is 50.1. The highest BCUT2D eigenvalue weighted by molar-refractivity contribution is 6.74. The zero-order chi connectivity index (χ0) is 45.1. The van der Waals surface area contributed by atoms with Gasteiger partial charge in [0.05, 0.1) is 56.2 Å². The van der Waals surface area contributed by atoms with Gasteiger partial charge < -0.3 is 106 Å². The summed E-state index contributed by atoms with van der Waals surface area (Å²) in [6, 6.07) is 2.80. The van der Waals surface area contributed by atoms with Gasteiger partial charge in [-0.2, -0.15) is 0 Å². The molecule has 15 N–H and O–H groups in total. The smallest absolute Gasteiger partial charge is 0.338 e. The largest absolute Gasteiger partial charge is 0.454 e. The number of ether oxygens (including phenoxy) is 9. The number of carbonyl (C=O) groups excluding carboxylic acids is 1. The van der Waals surface area contributed by atoms with E-state index in [2.05, 4.69) is 0 Å². The minimum atomic E-state index is -2.48. The number of aliphatic hydroxyl groups is 7. The molecule has 0 aliphatic carbocycles. The van der Waals surface area contributed by atoms with Gasteiger partial charge in [-0.05, 0) is 30.3 Å². The van der Waals surface area contributed by atoms with Gasteiger partial charge in [0, 0.05) is 7.11 Å². The summed E-state index contributed by atoms with van der Waals surface area (Å²) in [4.78, 5) is 13.2. The zero-order valence-electron chi connectivity index (χ0n) is 35.2. The van der Waals surface area contributed by atoms with Crippen molar-refractivity contribution in [1.82, 2.24) is 0 Å². The van der Waals surface area contributed by atoms with E-state index in [-0.39, 0.29) is 10.6 Å². The highest BCUT2D eigenvalue weighted by Gasteiger charge is 2.56. The van der Waals surface area contributed by atoms with Crippen LogP contribution in [0.3, 0.4) is 0 Å². The predicted molar refractivity (Wildman–Crippen MR) is 212 cm³/mol. The van der Waals surface area contributed by atoms with Crippen molar-refractivity contribution < 1.29 is 87.6 Å². The number of aliphatic hydroxyl groups excluding tert-OH is 7. The van der Waals surface area contributed by atoms with Gasteiger partial charge in [0.15, 0.2) is 39.6 Å². The Kier molecular flexibility index (Phi) is 17.2. The Balaban J connectivity index is 1.27. The highest BCUT2D eigenvalue weighted by atomic mass is 28.4. The molecule has 4 heterocycles. The fourth-order valence-corrected chi connectivity index (χ4v) is 8.78. The molecule has 5 rings (SSSR count). The average Bonchev–Trinajstić information content (AvgIpc) is 3.23. The molecule has 20 atom stereocenters. The number of benzene rings is 1. The monoisotopic (exact) mass is 894 g/mol. The standard InChI is InChI=1S/C38H66N4O18Si/c1-38(2,3)61(5,6)60-30-19(14-45)55-36(23(41)27(30)49)58-28-17(12-43)53-35(21(39)25(28)47)57-29-18(13-44)54-37(22(40)26(29)48)59-31-20(15-46)52-34(51-4)24(42)32(31)56-33(50)16-10-8-7-9-11-16/h7-11,17-32,34-37,43-49H,12-15,39-42H2,1-6H3/t17?,18?,19?,20?,21-,22+,23+,24-,25?,26+,27+,28+,29?,30?,31+,32?,34-,35+,36?,37?/m0/s1. The maximum atomic E-state index is 13.2. The van der Waals surface area contributed by atoms with E-state index in [0.717, 1.165) is 0 Å². The van der Waals surface area contributed by atoms with Crippen molar-refractivity contribution in [2.75, 3.05) is 33.5 Å². The van der Waals surface area contributed by atoms with Gasteiger partial charge in [-0.15, -0.1) is 0 Å². The van der Waals surface area contributed by atoms with E-state index in [1.54, 1.807) is 18.2 Å². The highest BCUT2D eigenvalue weighted by Crippen LogP contribution is 2.40. The van der Waals surface area contributed by atoms with Crippen molar-refractivity contribution in [3.8, 4) is 0 Å². The number of hydrogen-bond acceptors (Lipinski definition) is 22. The van der Waals surface area contributed by atoms with E-state index < -0.39 is 163 Å². The predicted octanol–water partition coefficient (Wildman–Crippen LogP) is -4.33. The summed E-state index contributed by atoms with van der Waals surface area (Å²) in [5.74, 6) is -0.764. The molecule has 0 amide bonds. The van der Waals surface area contributed by atoms with Crippen molar-refractivity contribution in [2.24, 2.45) is 22.9 Å². The number of esters is 1. The number of nitrogens with two attached hydrogens (primary N) is 4. The normalized spacial score (nSPS) is 42.6. The maximum Gasteiger partial charge on any atom is 0.338 e. The molecule has 0 saturated carbocycles. The van der Waals surface area contributed by atoms with Gasteiger partial charge >= 0.3 is 5.97 Å². The Morgan fingerprint density at radius 1 is 0.607 bits per heavy atom. The number of rotatable bonds is 15. The molecule has 4 saturated heterocycles. The van der Waals surface area contributed by atoms with E-state index in [4.69, 9.17) is 70.0 Å². The second-order valence-electron chi connectivity index (χ2n) is 17.3. The summed E-state index contributed by atoms with van der Waals surface area (Å²) >= 11 is 0. The second-order valence-corrected chi connectivity index (χ2v) is 22.1. The van der Waals surface area contributed by atoms with Crippen LogP contribution in [0.2, 0.25) is 18.1 Å². The van der Waals surface area contributed by atoms with Crippen LogP contribution in [0.5, 0.6) is 0 Å². The molecule has 4 fully saturated rings. The number of hydrogen-bond donors (Lipinski definition) is 11. The van der Waals surface area contributed by atoms with Gasteiger partial charge in [0.1, 0.15) is 67.1 Å².